The standard InChI is InChI=1S/C20H23N3O3/c21-9-11-23-16-8-4-6-14-18(16)20(26)13-5-3-7-15(17(13)19(14)25)22-10-1-2-12-24/h3-8,22-24H,1-2,9-12,21H2. The molecular weight excluding hydrogens is 330 g/mol. The van der Waals surface area contributed by atoms with Gasteiger partial charge in [-0.15, -0.1) is 0 Å². The Bertz CT molecular complexity index is 833. The summed E-state index contributed by atoms with van der Waals surface area (Å²) >= 11 is 0. The highest BCUT2D eigenvalue weighted by Crippen LogP contribution is 2.35. The number of rotatable bonds is 8. The maximum atomic E-state index is 13.1. The lowest BCUT2D eigenvalue weighted by Crippen LogP contribution is -2.25. The molecule has 0 unspecified atom stereocenters. The molecule has 0 saturated heterocycles. The maximum Gasteiger partial charge on any atom is 0.196 e. The summed E-state index contributed by atoms with van der Waals surface area (Å²) in [6.07, 6.45) is 1.47. The molecule has 1 aliphatic rings. The summed E-state index contributed by atoms with van der Waals surface area (Å²) in [4.78, 5) is 26.2. The van der Waals surface area contributed by atoms with Crippen LogP contribution in [0.2, 0.25) is 0 Å². The van der Waals surface area contributed by atoms with Crippen LogP contribution in [-0.2, 0) is 0 Å². The number of aliphatic hydroxyl groups excluding tert-OH is 1. The van der Waals surface area contributed by atoms with Gasteiger partial charge in [0.2, 0.25) is 0 Å². The smallest absolute Gasteiger partial charge is 0.196 e. The van der Waals surface area contributed by atoms with Gasteiger partial charge < -0.3 is 21.5 Å². The Labute approximate surface area is 152 Å². The molecule has 0 spiro atoms. The van der Waals surface area contributed by atoms with Crippen LogP contribution in [0, 0.1) is 0 Å². The van der Waals surface area contributed by atoms with Crippen molar-refractivity contribution in [3.63, 3.8) is 0 Å². The molecule has 0 aromatic heterocycles. The SMILES string of the molecule is NCCNc1cccc2c1C(=O)c1cccc(NCCCCO)c1C2=O. The molecule has 136 valence electrons. The molecule has 0 fully saturated rings. The summed E-state index contributed by atoms with van der Waals surface area (Å²) in [5, 5.41) is 15.2. The average Bonchev–Trinajstić information content (AvgIpc) is 2.67. The number of fused-ring (bicyclic) bond motifs is 2. The van der Waals surface area contributed by atoms with Crippen molar-refractivity contribution in [1.29, 1.82) is 0 Å². The first-order chi connectivity index (χ1) is 12.7. The molecule has 2 aromatic rings. The fourth-order valence-electron chi connectivity index (χ4n) is 3.20. The highest BCUT2D eigenvalue weighted by Gasteiger charge is 2.33. The number of nitrogens with two attached hydrogens (primary N) is 1. The molecule has 3 rings (SSSR count). The summed E-state index contributed by atoms with van der Waals surface area (Å²) in [5.41, 5.74) is 8.49. The Morgan fingerprint density at radius 3 is 1.85 bits per heavy atom. The van der Waals surface area contributed by atoms with E-state index in [1.54, 1.807) is 30.3 Å². The van der Waals surface area contributed by atoms with Crippen LogP contribution in [0.4, 0.5) is 11.4 Å². The lowest BCUT2D eigenvalue weighted by Gasteiger charge is -2.23. The Kier molecular flexibility index (Phi) is 5.65. The average molecular weight is 353 g/mol. The molecule has 0 radical (unpaired) electrons. The van der Waals surface area contributed by atoms with Crippen molar-refractivity contribution in [2.75, 3.05) is 36.9 Å². The number of aliphatic hydroxyl groups is 1. The lowest BCUT2D eigenvalue weighted by molar-refractivity contribution is 0.0980. The van der Waals surface area contributed by atoms with Gasteiger partial charge >= 0.3 is 0 Å². The van der Waals surface area contributed by atoms with Crippen molar-refractivity contribution in [3.8, 4) is 0 Å². The van der Waals surface area contributed by atoms with E-state index in [-0.39, 0.29) is 18.2 Å². The molecule has 5 N–H and O–H groups in total. The third-order valence-electron chi connectivity index (χ3n) is 4.43. The zero-order valence-electron chi connectivity index (χ0n) is 14.5. The number of hydrogen-bond donors (Lipinski definition) is 4. The molecule has 6 heteroatoms. The molecule has 0 bridgehead atoms. The second-order valence-corrected chi connectivity index (χ2v) is 6.19. The number of carbonyl (C=O) groups is 2. The highest BCUT2D eigenvalue weighted by atomic mass is 16.3. The van der Waals surface area contributed by atoms with E-state index >= 15 is 0 Å². The van der Waals surface area contributed by atoms with Crippen LogP contribution < -0.4 is 16.4 Å². The van der Waals surface area contributed by atoms with Crippen LogP contribution in [0.1, 0.15) is 44.7 Å². The topological polar surface area (TPSA) is 104 Å². The van der Waals surface area contributed by atoms with E-state index in [2.05, 4.69) is 10.6 Å². The predicted molar refractivity (Wildman–Crippen MR) is 102 cm³/mol. The third-order valence-corrected chi connectivity index (χ3v) is 4.43. The molecule has 0 heterocycles. The summed E-state index contributed by atoms with van der Waals surface area (Å²) in [6.45, 7) is 1.73. The van der Waals surface area contributed by atoms with Crippen LogP contribution in [0.3, 0.4) is 0 Å². The summed E-state index contributed by atoms with van der Waals surface area (Å²) in [7, 11) is 0. The number of benzene rings is 2. The van der Waals surface area contributed by atoms with Crippen LogP contribution in [0.25, 0.3) is 0 Å². The number of hydrogen-bond acceptors (Lipinski definition) is 6. The van der Waals surface area contributed by atoms with Gasteiger partial charge in [0.15, 0.2) is 11.6 Å². The normalized spacial score (nSPS) is 12.5. The number of unbranched alkanes of at least 4 members (excludes halogenated alkanes) is 1. The van der Waals surface area contributed by atoms with Gasteiger partial charge in [-0.2, -0.15) is 0 Å². The molecule has 1 aliphatic carbocycles. The van der Waals surface area contributed by atoms with E-state index in [1.165, 1.54) is 0 Å². The van der Waals surface area contributed by atoms with Crippen molar-refractivity contribution < 1.29 is 14.7 Å². The second-order valence-electron chi connectivity index (χ2n) is 6.19. The summed E-state index contributed by atoms with van der Waals surface area (Å²) in [5.74, 6) is -0.315. The molecule has 0 aliphatic heterocycles. The first-order valence-electron chi connectivity index (χ1n) is 8.83. The minimum Gasteiger partial charge on any atom is -0.396 e. The van der Waals surface area contributed by atoms with Gasteiger partial charge in [-0.05, 0) is 25.0 Å². The van der Waals surface area contributed by atoms with Crippen LogP contribution >= 0.6 is 0 Å². The van der Waals surface area contributed by atoms with Crippen LogP contribution in [0.15, 0.2) is 36.4 Å². The van der Waals surface area contributed by atoms with Gasteiger partial charge in [-0.25, -0.2) is 0 Å². The second kappa shape index (κ2) is 8.12. The zero-order chi connectivity index (χ0) is 18.5. The van der Waals surface area contributed by atoms with Crippen molar-refractivity contribution in [2.24, 2.45) is 5.73 Å². The Morgan fingerprint density at radius 2 is 1.35 bits per heavy atom. The first-order valence-corrected chi connectivity index (χ1v) is 8.83. The molecule has 0 atom stereocenters. The Balaban J connectivity index is 1.98. The number of carbonyl (C=O) groups excluding carboxylic acids is 2. The third kappa shape index (κ3) is 3.34. The van der Waals surface area contributed by atoms with Crippen LogP contribution in [0.5, 0.6) is 0 Å². The first kappa shape index (κ1) is 18.1. The minimum atomic E-state index is -0.159. The monoisotopic (exact) mass is 353 g/mol. The summed E-state index contributed by atoms with van der Waals surface area (Å²) < 4.78 is 0. The predicted octanol–water partition coefficient (Wildman–Crippen LogP) is 2.02. The van der Waals surface area contributed by atoms with E-state index in [9.17, 15) is 9.59 Å². The summed E-state index contributed by atoms with van der Waals surface area (Å²) in [6, 6.07) is 10.5. The molecule has 2 aromatic carbocycles. The molecule has 26 heavy (non-hydrogen) atoms. The molecule has 0 saturated carbocycles. The number of ketones is 2. The van der Waals surface area contributed by atoms with E-state index in [0.29, 0.717) is 59.7 Å². The van der Waals surface area contributed by atoms with E-state index in [0.717, 1.165) is 6.42 Å². The maximum absolute atomic E-state index is 13.1. The Morgan fingerprint density at radius 1 is 0.808 bits per heavy atom. The zero-order valence-corrected chi connectivity index (χ0v) is 14.5. The largest absolute Gasteiger partial charge is 0.396 e. The Hall–Kier alpha value is -2.70. The van der Waals surface area contributed by atoms with Gasteiger partial charge in [0.05, 0.1) is 11.1 Å². The van der Waals surface area contributed by atoms with E-state index in [1.807, 2.05) is 6.07 Å². The van der Waals surface area contributed by atoms with Crippen LogP contribution in [-0.4, -0.2) is 42.9 Å². The lowest BCUT2D eigenvalue weighted by atomic mass is 9.82. The molecular formula is C20H23N3O3. The fourth-order valence-corrected chi connectivity index (χ4v) is 3.20. The van der Waals surface area contributed by atoms with E-state index < -0.39 is 0 Å². The van der Waals surface area contributed by atoms with Gasteiger partial charge in [-0.1, -0.05) is 24.3 Å². The van der Waals surface area contributed by atoms with Crippen molar-refractivity contribution in [1.82, 2.24) is 0 Å². The van der Waals surface area contributed by atoms with Crippen molar-refractivity contribution in [3.05, 3.63) is 58.7 Å². The van der Waals surface area contributed by atoms with Gasteiger partial charge in [0, 0.05) is 48.7 Å². The number of anilines is 2. The van der Waals surface area contributed by atoms with E-state index in [4.69, 9.17) is 10.8 Å². The fraction of sp³-hybridized carbons (Fsp3) is 0.300. The molecule has 6 nitrogen and oxygen atoms in total. The van der Waals surface area contributed by atoms with Gasteiger partial charge in [-0.3, -0.25) is 9.59 Å². The molecule has 0 amide bonds. The number of nitrogens with one attached hydrogen (secondary N) is 2. The highest BCUT2D eigenvalue weighted by molar-refractivity contribution is 6.31. The minimum absolute atomic E-state index is 0.137. The van der Waals surface area contributed by atoms with Gasteiger partial charge in [0.1, 0.15) is 0 Å². The quantitative estimate of drug-likeness (QED) is 0.462. The van der Waals surface area contributed by atoms with Crippen molar-refractivity contribution >= 4 is 22.9 Å². The van der Waals surface area contributed by atoms with Crippen molar-refractivity contribution in [2.45, 2.75) is 12.8 Å². The van der Waals surface area contributed by atoms with Gasteiger partial charge in [0.25, 0.3) is 0 Å².